The maximum atomic E-state index is 12.9. The number of unbranched alkanes of at least 4 members (excludes halogenated alkanes) is 27. The molecule has 0 N–H and O–H groups in total. The zero-order valence-electron chi connectivity index (χ0n) is 48.3. The van der Waals surface area contributed by atoms with E-state index in [1.54, 1.807) is 6.08 Å². The zero-order valence-corrected chi connectivity index (χ0v) is 48.3. The molecule has 6 nitrogen and oxygen atoms in total. The van der Waals surface area contributed by atoms with Crippen LogP contribution in [0.2, 0.25) is 0 Å². The molecule has 0 fully saturated rings. The summed E-state index contributed by atoms with van der Waals surface area (Å²) in [5.41, 5.74) is 0. The normalized spacial score (nSPS) is 12.9. The Labute approximate surface area is 457 Å². The predicted octanol–water partition coefficient (Wildman–Crippen LogP) is 21.0. The summed E-state index contributed by atoms with van der Waals surface area (Å²) in [7, 11) is 0. The molecule has 1 atom stereocenters. The molecule has 422 valence electrons. The summed E-state index contributed by atoms with van der Waals surface area (Å²) in [6.07, 6.45) is 84.1. The van der Waals surface area contributed by atoms with Crippen LogP contribution in [-0.4, -0.2) is 37.2 Å². The molecule has 1 unspecified atom stereocenters. The van der Waals surface area contributed by atoms with Crippen LogP contribution in [0.15, 0.2) is 109 Å². The van der Waals surface area contributed by atoms with Crippen molar-refractivity contribution >= 4 is 17.9 Å². The van der Waals surface area contributed by atoms with E-state index in [1.165, 1.54) is 135 Å². The van der Waals surface area contributed by atoms with Gasteiger partial charge in [-0.15, -0.1) is 0 Å². The summed E-state index contributed by atoms with van der Waals surface area (Å²) < 4.78 is 16.8. The molecule has 0 aliphatic heterocycles. The summed E-state index contributed by atoms with van der Waals surface area (Å²) in [5.74, 6) is -1.05. The maximum Gasteiger partial charge on any atom is 0.309 e. The van der Waals surface area contributed by atoms with Gasteiger partial charge in [0.05, 0.1) is 6.42 Å². The molecule has 0 aromatic carbocycles. The molecule has 0 bridgehead atoms. The summed E-state index contributed by atoms with van der Waals surface area (Å²) >= 11 is 0. The van der Waals surface area contributed by atoms with Crippen LogP contribution < -0.4 is 0 Å². The van der Waals surface area contributed by atoms with E-state index in [4.69, 9.17) is 14.2 Å². The van der Waals surface area contributed by atoms with Crippen LogP contribution in [0.4, 0.5) is 0 Å². The number of hydrogen-bond donors (Lipinski definition) is 0. The molecule has 0 aromatic heterocycles. The van der Waals surface area contributed by atoms with Gasteiger partial charge < -0.3 is 14.2 Å². The number of allylic oxidation sites excluding steroid dienone is 17. The smallest absolute Gasteiger partial charge is 0.309 e. The monoisotopic (exact) mass is 1030 g/mol. The molecule has 0 saturated heterocycles. The molecule has 0 spiro atoms. The van der Waals surface area contributed by atoms with Crippen molar-refractivity contribution < 1.29 is 28.6 Å². The van der Waals surface area contributed by atoms with Gasteiger partial charge in [-0.25, -0.2) is 0 Å². The minimum absolute atomic E-state index is 0.113. The SMILES string of the molecule is CC/C=C\C/C=C\C/C=C\C/C=C\C/C=C\CC(=O)OCC(COC(=O)CCCCCCCCCCCCCCCCCCCCCCCC)OC(=O)CCCCCCCC/C=C\C/C=C\C/C=C\C/C=C\CC. The van der Waals surface area contributed by atoms with Crippen molar-refractivity contribution in [3.63, 3.8) is 0 Å². The number of carbonyl (C=O) groups excluding carboxylic acids is 3. The molecule has 74 heavy (non-hydrogen) atoms. The third kappa shape index (κ3) is 59.0. The topological polar surface area (TPSA) is 78.9 Å². The van der Waals surface area contributed by atoms with Crippen LogP contribution >= 0.6 is 0 Å². The lowest BCUT2D eigenvalue weighted by Crippen LogP contribution is -2.30. The van der Waals surface area contributed by atoms with Crippen LogP contribution in [0.3, 0.4) is 0 Å². The number of carbonyl (C=O) groups is 3. The maximum absolute atomic E-state index is 12.9. The molecule has 0 aromatic rings. The molecule has 0 saturated carbocycles. The van der Waals surface area contributed by atoms with E-state index in [9.17, 15) is 14.4 Å². The molecule has 0 radical (unpaired) electrons. The number of ether oxygens (including phenoxy) is 3. The van der Waals surface area contributed by atoms with Crippen LogP contribution in [-0.2, 0) is 28.6 Å². The highest BCUT2D eigenvalue weighted by Crippen LogP contribution is 2.17. The van der Waals surface area contributed by atoms with E-state index in [1.807, 2.05) is 6.08 Å². The highest BCUT2D eigenvalue weighted by molar-refractivity contribution is 5.72. The average molecular weight is 1030 g/mol. The first kappa shape index (κ1) is 70.1. The first-order valence-corrected chi connectivity index (χ1v) is 30.9. The van der Waals surface area contributed by atoms with Crippen LogP contribution in [0.25, 0.3) is 0 Å². The standard InChI is InChI=1S/C68H114O6/c1-4-7-10-13-16-19-22-25-28-30-32-33-34-36-37-40-43-46-49-52-55-58-61-67(70)73-64-65(63-72-66(69)60-57-54-51-48-45-42-39-27-24-21-18-15-12-9-6-3)74-68(71)62-59-56-53-50-47-44-41-38-35-31-29-26-23-20-17-14-11-8-5-2/h8-9,11-12,17-18,20-21,26-27,29,35,38-39,45,48,54,57,65H,4-7,10,13-16,19,22-25,28,30-34,36-37,40-44,46-47,49-53,55-56,58-64H2,1-3H3/b11-8-,12-9-,20-17-,21-18-,29-26-,38-35-,39-27-,48-45-,57-54-. The summed E-state index contributed by atoms with van der Waals surface area (Å²) in [5, 5.41) is 0. The summed E-state index contributed by atoms with van der Waals surface area (Å²) in [4.78, 5) is 38.2. The van der Waals surface area contributed by atoms with Gasteiger partial charge in [-0.3, -0.25) is 14.4 Å². The molecule has 0 rings (SSSR count). The second-order valence-corrected chi connectivity index (χ2v) is 20.2. The third-order valence-electron chi connectivity index (χ3n) is 13.1. The molecular weight excluding hydrogens is 913 g/mol. The Morgan fingerprint density at radius 1 is 0.297 bits per heavy atom. The van der Waals surface area contributed by atoms with Crippen molar-refractivity contribution in [3.05, 3.63) is 109 Å². The highest BCUT2D eigenvalue weighted by Gasteiger charge is 2.19. The Bertz CT molecular complexity index is 1510. The Morgan fingerprint density at radius 2 is 0.581 bits per heavy atom. The van der Waals surface area contributed by atoms with Gasteiger partial charge in [-0.05, 0) is 83.5 Å². The van der Waals surface area contributed by atoms with Crippen LogP contribution in [0.1, 0.15) is 284 Å². The van der Waals surface area contributed by atoms with E-state index in [-0.39, 0.29) is 31.6 Å². The minimum Gasteiger partial charge on any atom is -0.462 e. The molecule has 6 heteroatoms. The van der Waals surface area contributed by atoms with Gasteiger partial charge in [0.1, 0.15) is 13.2 Å². The number of esters is 3. The van der Waals surface area contributed by atoms with Gasteiger partial charge in [0.2, 0.25) is 0 Å². The van der Waals surface area contributed by atoms with Gasteiger partial charge in [0.25, 0.3) is 0 Å². The number of rotatable bonds is 55. The lowest BCUT2D eigenvalue weighted by atomic mass is 10.0. The largest absolute Gasteiger partial charge is 0.462 e. The Kier molecular flexibility index (Phi) is 58.3. The molecule has 0 amide bonds. The van der Waals surface area contributed by atoms with Crippen LogP contribution in [0.5, 0.6) is 0 Å². The van der Waals surface area contributed by atoms with Crippen molar-refractivity contribution in [3.8, 4) is 0 Å². The van der Waals surface area contributed by atoms with Crippen molar-refractivity contribution in [1.82, 2.24) is 0 Å². The second-order valence-electron chi connectivity index (χ2n) is 20.2. The fourth-order valence-corrected chi connectivity index (χ4v) is 8.51. The first-order chi connectivity index (χ1) is 36.5. The Hall–Kier alpha value is -3.93. The minimum atomic E-state index is -0.827. The summed E-state index contributed by atoms with van der Waals surface area (Å²) in [6, 6.07) is 0. The van der Waals surface area contributed by atoms with Gasteiger partial charge in [0.15, 0.2) is 6.10 Å². The molecule has 0 aliphatic rings. The predicted molar refractivity (Wildman–Crippen MR) is 320 cm³/mol. The molecule has 0 aliphatic carbocycles. The van der Waals surface area contributed by atoms with E-state index < -0.39 is 12.1 Å². The van der Waals surface area contributed by atoms with Crippen LogP contribution in [0, 0.1) is 0 Å². The van der Waals surface area contributed by atoms with E-state index in [0.29, 0.717) is 12.8 Å². The Balaban J connectivity index is 4.44. The lowest BCUT2D eigenvalue weighted by Gasteiger charge is -2.18. The quantitative estimate of drug-likeness (QED) is 0.0261. The van der Waals surface area contributed by atoms with E-state index >= 15 is 0 Å². The van der Waals surface area contributed by atoms with Gasteiger partial charge in [-0.2, -0.15) is 0 Å². The fourth-order valence-electron chi connectivity index (χ4n) is 8.51. The van der Waals surface area contributed by atoms with Gasteiger partial charge in [-0.1, -0.05) is 291 Å². The Morgan fingerprint density at radius 3 is 0.946 bits per heavy atom. The van der Waals surface area contributed by atoms with E-state index in [2.05, 4.69) is 118 Å². The van der Waals surface area contributed by atoms with Crippen molar-refractivity contribution in [2.24, 2.45) is 0 Å². The number of hydrogen-bond acceptors (Lipinski definition) is 6. The summed E-state index contributed by atoms with van der Waals surface area (Å²) in [6.45, 7) is 6.34. The highest BCUT2D eigenvalue weighted by atomic mass is 16.6. The van der Waals surface area contributed by atoms with Gasteiger partial charge >= 0.3 is 17.9 Å². The average Bonchev–Trinajstić information content (AvgIpc) is 3.40. The first-order valence-electron chi connectivity index (χ1n) is 30.9. The second kappa shape index (κ2) is 61.6. The van der Waals surface area contributed by atoms with Gasteiger partial charge in [0, 0.05) is 12.8 Å². The molecule has 0 heterocycles. The third-order valence-corrected chi connectivity index (χ3v) is 13.1. The van der Waals surface area contributed by atoms with Crippen molar-refractivity contribution in [2.75, 3.05) is 13.2 Å². The van der Waals surface area contributed by atoms with E-state index in [0.717, 1.165) is 109 Å². The van der Waals surface area contributed by atoms with Crippen molar-refractivity contribution in [2.45, 2.75) is 290 Å². The zero-order chi connectivity index (χ0) is 53.6. The lowest BCUT2D eigenvalue weighted by molar-refractivity contribution is -0.166. The molecular formula is C68H114O6. The fraction of sp³-hybridized carbons (Fsp3) is 0.691. The van der Waals surface area contributed by atoms with Crippen molar-refractivity contribution in [1.29, 1.82) is 0 Å².